The average Bonchev–Trinajstić information content (AvgIpc) is 2.52. The van der Waals surface area contributed by atoms with E-state index >= 15 is 0 Å². The van der Waals surface area contributed by atoms with E-state index in [1.54, 1.807) is 0 Å². The van der Waals surface area contributed by atoms with Crippen molar-refractivity contribution in [1.82, 2.24) is 5.32 Å². The van der Waals surface area contributed by atoms with E-state index in [2.05, 4.69) is 33.4 Å². The van der Waals surface area contributed by atoms with Gasteiger partial charge in [0, 0.05) is 15.6 Å². The van der Waals surface area contributed by atoms with Crippen LogP contribution in [0.1, 0.15) is 36.5 Å². The van der Waals surface area contributed by atoms with Crippen LogP contribution in [0.15, 0.2) is 28.7 Å². The number of rotatable bonds is 4. The summed E-state index contributed by atoms with van der Waals surface area (Å²) in [7, 11) is 0. The molecule has 3 atom stereocenters. The van der Waals surface area contributed by atoms with Crippen molar-refractivity contribution in [2.45, 2.75) is 30.9 Å². The zero-order valence-electron chi connectivity index (χ0n) is 11.8. The van der Waals surface area contributed by atoms with Gasteiger partial charge in [0.05, 0.1) is 6.07 Å². The molecular weight excluding hydrogens is 348 g/mol. The van der Waals surface area contributed by atoms with Crippen LogP contribution in [0.4, 0.5) is 0 Å². The Labute approximate surface area is 139 Å². The minimum absolute atomic E-state index is 0.00240. The van der Waals surface area contributed by atoms with Gasteiger partial charge in [0.2, 0.25) is 5.91 Å². The van der Waals surface area contributed by atoms with E-state index in [4.69, 9.17) is 17.9 Å². The molecule has 0 saturated heterocycles. The van der Waals surface area contributed by atoms with E-state index < -0.39 is 0 Å². The van der Waals surface area contributed by atoms with Crippen molar-refractivity contribution < 1.29 is 4.79 Å². The predicted octanol–water partition coefficient (Wildman–Crippen LogP) is 3.87. The van der Waals surface area contributed by atoms with Crippen LogP contribution in [-0.2, 0) is 4.79 Å². The average molecular weight is 367 g/mol. The van der Waals surface area contributed by atoms with E-state index in [0.717, 1.165) is 35.7 Å². The molecule has 3 unspecified atom stereocenters. The zero-order chi connectivity index (χ0) is 15.2. The molecule has 21 heavy (non-hydrogen) atoms. The molecule has 0 heterocycles. The standard InChI is InChI=1S/C16H19BrN2OS/c17-12-7-5-11(6-8-12)15(21)13-3-1-2-4-14(13)16(20)19-10-9-18/h5-8,13-15,21H,1-4,10H2,(H,19,20). The quantitative estimate of drug-likeness (QED) is 0.627. The van der Waals surface area contributed by atoms with E-state index in [1.165, 1.54) is 0 Å². The molecule has 1 aromatic carbocycles. The minimum Gasteiger partial charge on any atom is -0.343 e. The molecule has 1 aliphatic carbocycles. The lowest BCUT2D eigenvalue weighted by Crippen LogP contribution is -2.38. The molecule has 1 aliphatic rings. The Kier molecular flexibility index (Phi) is 6.13. The van der Waals surface area contributed by atoms with Gasteiger partial charge in [-0.15, -0.1) is 0 Å². The summed E-state index contributed by atoms with van der Waals surface area (Å²) in [5.41, 5.74) is 1.14. The first-order valence-corrected chi connectivity index (χ1v) is 8.52. The SMILES string of the molecule is N#CCNC(=O)C1CCCCC1C(S)c1ccc(Br)cc1. The molecule has 1 aromatic rings. The molecule has 1 amide bonds. The second-order valence-corrected chi connectivity index (χ2v) is 6.90. The van der Waals surface area contributed by atoms with Gasteiger partial charge in [-0.1, -0.05) is 40.9 Å². The summed E-state index contributed by atoms with van der Waals surface area (Å²) in [5.74, 6) is 0.178. The number of amides is 1. The summed E-state index contributed by atoms with van der Waals surface area (Å²) in [6, 6.07) is 10.1. The zero-order valence-corrected chi connectivity index (χ0v) is 14.2. The third kappa shape index (κ3) is 4.24. The first-order chi connectivity index (χ1) is 10.1. The fourth-order valence-electron chi connectivity index (χ4n) is 3.03. The topological polar surface area (TPSA) is 52.9 Å². The van der Waals surface area contributed by atoms with Gasteiger partial charge in [-0.3, -0.25) is 4.79 Å². The molecular formula is C16H19BrN2OS. The summed E-state index contributed by atoms with van der Waals surface area (Å²) in [6.07, 6.45) is 4.10. The van der Waals surface area contributed by atoms with Crippen LogP contribution in [0.3, 0.4) is 0 Å². The van der Waals surface area contributed by atoms with Crippen LogP contribution in [-0.4, -0.2) is 12.5 Å². The maximum Gasteiger partial charge on any atom is 0.224 e. The summed E-state index contributed by atoms with van der Waals surface area (Å²) >= 11 is 8.22. The Hall–Kier alpha value is -0.990. The fraction of sp³-hybridized carbons (Fsp3) is 0.500. The molecule has 0 radical (unpaired) electrons. The van der Waals surface area contributed by atoms with Gasteiger partial charge in [0.25, 0.3) is 0 Å². The van der Waals surface area contributed by atoms with Crippen molar-refractivity contribution in [3.8, 4) is 6.07 Å². The highest BCUT2D eigenvalue weighted by Crippen LogP contribution is 2.42. The molecule has 0 aromatic heterocycles. The summed E-state index contributed by atoms with van der Waals surface area (Å²) in [5, 5.41) is 11.4. The summed E-state index contributed by atoms with van der Waals surface area (Å²) in [6.45, 7) is 0.0809. The molecule has 3 nitrogen and oxygen atoms in total. The van der Waals surface area contributed by atoms with Crippen molar-refractivity contribution in [1.29, 1.82) is 5.26 Å². The van der Waals surface area contributed by atoms with Crippen LogP contribution >= 0.6 is 28.6 Å². The van der Waals surface area contributed by atoms with Gasteiger partial charge in [0.1, 0.15) is 6.54 Å². The number of hydrogen-bond donors (Lipinski definition) is 2. The number of nitriles is 1. The maximum atomic E-state index is 12.3. The number of thiol groups is 1. The number of hydrogen-bond acceptors (Lipinski definition) is 3. The van der Waals surface area contributed by atoms with Crippen molar-refractivity contribution in [2.75, 3.05) is 6.54 Å². The van der Waals surface area contributed by atoms with Crippen LogP contribution < -0.4 is 5.32 Å². The normalized spacial score (nSPS) is 23.1. The van der Waals surface area contributed by atoms with Gasteiger partial charge in [-0.2, -0.15) is 17.9 Å². The number of nitrogens with zero attached hydrogens (tertiary/aromatic N) is 1. The number of nitrogens with one attached hydrogen (secondary N) is 1. The van der Waals surface area contributed by atoms with Gasteiger partial charge in [-0.05, 0) is 36.5 Å². The second-order valence-electron chi connectivity index (χ2n) is 5.43. The number of carbonyl (C=O) groups is 1. The third-order valence-corrected chi connectivity index (χ3v) is 5.32. The molecule has 1 fully saturated rings. The number of carbonyl (C=O) groups excluding carboxylic acids is 1. The first kappa shape index (κ1) is 16.4. The molecule has 1 saturated carbocycles. The van der Waals surface area contributed by atoms with Crippen LogP contribution in [0.25, 0.3) is 0 Å². The molecule has 1 N–H and O–H groups in total. The molecule has 2 rings (SSSR count). The highest BCUT2D eigenvalue weighted by molar-refractivity contribution is 9.10. The van der Waals surface area contributed by atoms with E-state index in [1.807, 2.05) is 18.2 Å². The van der Waals surface area contributed by atoms with Crippen LogP contribution in [0, 0.1) is 23.2 Å². The molecule has 5 heteroatoms. The van der Waals surface area contributed by atoms with Gasteiger partial charge in [0.15, 0.2) is 0 Å². The third-order valence-electron chi connectivity index (χ3n) is 4.11. The lowest BCUT2D eigenvalue weighted by molar-refractivity contribution is -0.127. The van der Waals surface area contributed by atoms with Crippen molar-refractivity contribution in [2.24, 2.45) is 11.8 Å². The maximum absolute atomic E-state index is 12.3. The van der Waals surface area contributed by atoms with Crippen molar-refractivity contribution in [3.05, 3.63) is 34.3 Å². The highest BCUT2D eigenvalue weighted by atomic mass is 79.9. The van der Waals surface area contributed by atoms with Gasteiger partial charge < -0.3 is 5.32 Å². The summed E-state index contributed by atoms with van der Waals surface area (Å²) in [4.78, 5) is 12.3. The monoisotopic (exact) mass is 366 g/mol. The molecule has 0 aliphatic heterocycles. The first-order valence-electron chi connectivity index (χ1n) is 7.21. The highest BCUT2D eigenvalue weighted by Gasteiger charge is 2.35. The number of halogens is 1. The second kappa shape index (κ2) is 7.86. The molecule has 112 valence electrons. The Morgan fingerprint density at radius 1 is 1.38 bits per heavy atom. The largest absolute Gasteiger partial charge is 0.343 e. The van der Waals surface area contributed by atoms with Gasteiger partial charge in [-0.25, -0.2) is 0 Å². The Morgan fingerprint density at radius 2 is 2.05 bits per heavy atom. The minimum atomic E-state index is -0.0433. The summed E-state index contributed by atoms with van der Waals surface area (Å²) < 4.78 is 1.04. The van der Waals surface area contributed by atoms with Crippen LogP contribution in [0.5, 0.6) is 0 Å². The van der Waals surface area contributed by atoms with E-state index in [-0.39, 0.29) is 29.5 Å². The fourth-order valence-corrected chi connectivity index (χ4v) is 3.82. The Balaban J connectivity index is 2.12. The van der Waals surface area contributed by atoms with Crippen LogP contribution in [0.2, 0.25) is 0 Å². The van der Waals surface area contributed by atoms with Crippen molar-refractivity contribution >= 4 is 34.5 Å². The lowest BCUT2D eigenvalue weighted by Gasteiger charge is -2.34. The Bertz CT molecular complexity index is 526. The predicted molar refractivity (Wildman–Crippen MR) is 89.9 cm³/mol. The van der Waals surface area contributed by atoms with Gasteiger partial charge >= 0.3 is 0 Å². The molecule has 0 bridgehead atoms. The Morgan fingerprint density at radius 3 is 2.71 bits per heavy atom. The molecule has 0 spiro atoms. The van der Waals surface area contributed by atoms with E-state index in [0.29, 0.717) is 0 Å². The smallest absolute Gasteiger partial charge is 0.224 e. The van der Waals surface area contributed by atoms with E-state index in [9.17, 15) is 4.79 Å². The van der Waals surface area contributed by atoms with Crippen molar-refractivity contribution in [3.63, 3.8) is 0 Å². The number of benzene rings is 1. The lowest BCUT2D eigenvalue weighted by atomic mass is 9.75.